The van der Waals surface area contributed by atoms with Crippen molar-refractivity contribution in [2.75, 3.05) is 11.8 Å². The molecule has 8 heteroatoms. The zero-order valence-corrected chi connectivity index (χ0v) is 12.4. The Hall–Kier alpha value is -2.06. The van der Waals surface area contributed by atoms with Crippen molar-refractivity contribution in [2.24, 2.45) is 0 Å². The van der Waals surface area contributed by atoms with E-state index in [9.17, 15) is 12.8 Å². The van der Waals surface area contributed by atoms with Crippen LogP contribution in [-0.2, 0) is 16.6 Å². The molecule has 0 amide bonds. The first-order valence-electron chi connectivity index (χ1n) is 6.18. The lowest BCUT2D eigenvalue weighted by Crippen LogP contribution is -2.16. The highest BCUT2D eigenvalue weighted by atomic mass is 32.2. The van der Waals surface area contributed by atoms with Crippen LogP contribution in [0.1, 0.15) is 11.1 Å². The van der Waals surface area contributed by atoms with Crippen LogP contribution < -0.4 is 10.0 Å². The van der Waals surface area contributed by atoms with Gasteiger partial charge in [0.1, 0.15) is 5.82 Å². The topological polar surface area (TPSA) is 84.0 Å². The molecular weight excluding hydrogens is 295 g/mol. The molecule has 1 heterocycles. The van der Waals surface area contributed by atoms with E-state index < -0.39 is 15.8 Å². The number of nitrogens with one attached hydrogen (secondary N) is 2. The Labute approximate surface area is 122 Å². The average molecular weight is 310 g/mol. The minimum atomic E-state index is -3.84. The number of aryl methyl sites for hydroxylation is 1. The SMILES string of the molecule is CNCc1cc(S(=O)(=O)Nc2cccnn2)cc(C)c1F. The van der Waals surface area contributed by atoms with Crippen molar-refractivity contribution < 1.29 is 12.8 Å². The van der Waals surface area contributed by atoms with Crippen LogP contribution in [0.4, 0.5) is 10.2 Å². The molecule has 2 aromatic rings. The van der Waals surface area contributed by atoms with Gasteiger partial charge in [0.15, 0.2) is 5.82 Å². The average Bonchev–Trinajstić information content (AvgIpc) is 2.44. The van der Waals surface area contributed by atoms with Crippen molar-refractivity contribution in [3.63, 3.8) is 0 Å². The van der Waals surface area contributed by atoms with Crippen molar-refractivity contribution in [1.82, 2.24) is 15.5 Å². The van der Waals surface area contributed by atoms with Gasteiger partial charge in [0, 0.05) is 18.3 Å². The summed E-state index contributed by atoms with van der Waals surface area (Å²) in [4.78, 5) is -0.0164. The van der Waals surface area contributed by atoms with Crippen LogP contribution in [0.15, 0.2) is 35.4 Å². The maximum absolute atomic E-state index is 13.9. The summed E-state index contributed by atoms with van der Waals surface area (Å²) in [6.45, 7) is 1.76. The summed E-state index contributed by atoms with van der Waals surface area (Å²) < 4.78 is 40.8. The largest absolute Gasteiger partial charge is 0.316 e. The van der Waals surface area contributed by atoms with E-state index in [1.54, 1.807) is 13.1 Å². The Morgan fingerprint density at radius 1 is 1.33 bits per heavy atom. The van der Waals surface area contributed by atoms with Crippen molar-refractivity contribution in [3.05, 3.63) is 47.4 Å². The predicted octanol–water partition coefficient (Wildman–Crippen LogP) is 1.44. The van der Waals surface area contributed by atoms with Gasteiger partial charge in [-0.3, -0.25) is 4.72 Å². The monoisotopic (exact) mass is 310 g/mol. The third kappa shape index (κ3) is 3.53. The fraction of sp³-hybridized carbons (Fsp3) is 0.231. The minimum Gasteiger partial charge on any atom is -0.316 e. The maximum atomic E-state index is 13.9. The maximum Gasteiger partial charge on any atom is 0.263 e. The molecule has 0 fully saturated rings. The molecule has 1 aromatic heterocycles. The van der Waals surface area contributed by atoms with Crippen LogP contribution in [0.5, 0.6) is 0 Å². The van der Waals surface area contributed by atoms with E-state index in [0.29, 0.717) is 0 Å². The Morgan fingerprint density at radius 3 is 2.71 bits per heavy atom. The molecule has 21 heavy (non-hydrogen) atoms. The molecule has 0 atom stereocenters. The van der Waals surface area contributed by atoms with Gasteiger partial charge in [0.25, 0.3) is 10.0 Å². The van der Waals surface area contributed by atoms with Crippen molar-refractivity contribution in [1.29, 1.82) is 0 Å². The molecule has 0 spiro atoms. The lowest BCUT2D eigenvalue weighted by atomic mass is 10.1. The molecule has 6 nitrogen and oxygen atoms in total. The molecule has 0 aliphatic carbocycles. The fourth-order valence-electron chi connectivity index (χ4n) is 1.83. The number of hydrogen-bond acceptors (Lipinski definition) is 5. The van der Waals surface area contributed by atoms with Crippen LogP contribution in [0, 0.1) is 12.7 Å². The van der Waals surface area contributed by atoms with E-state index in [2.05, 4.69) is 20.2 Å². The van der Waals surface area contributed by atoms with Gasteiger partial charge in [-0.25, -0.2) is 12.8 Å². The summed E-state index contributed by atoms with van der Waals surface area (Å²) >= 11 is 0. The molecule has 2 rings (SSSR count). The Kier molecular flexibility index (Phi) is 4.49. The predicted molar refractivity (Wildman–Crippen MR) is 76.7 cm³/mol. The highest BCUT2D eigenvalue weighted by Crippen LogP contribution is 2.21. The van der Waals surface area contributed by atoms with Gasteiger partial charge in [-0.15, -0.1) is 5.10 Å². The Bertz CT molecular complexity index is 735. The fourth-order valence-corrected chi connectivity index (χ4v) is 2.96. The van der Waals surface area contributed by atoms with Crippen molar-refractivity contribution in [3.8, 4) is 0 Å². The number of rotatable bonds is 5. The molecule has 0 saturated heterocycles. The van der Waals surface area contributed by atoms with Crippen molar-refractivity contribution >= 4 is 15.8 Å². The Morgan fingerprint density at radius 2 is 2.10 bits per heavy atom. The van der Waals surface area contributed by atoms with Crippen LogP contribution in [-0.4, -0.2) is 25.7 Å². The third-order valence-electron chi connectivity index (χ3n) is 2.79. The summed E-state index contributed by atoms with van der Waals surface area (Å²) in [6.07, 6.45) is 1.44. The van der Waals surface area contributed by atoms with Gasteiger partial charge in [-0.05, 0) is 43.8 Å². The Balaban J connectivity index is 2.40. The second kappa shape index (κ2) is 6.15. The summed E-state index contributed by atoms with van der Waals surface area (Å²) in [6, 6.07) is 5.63. The van der Waals surface area contributed by atoms with E-state index in [0.717, 1.165) is 0 Å². The molecule has 0 unspecified atom stereocenters. The minimum absolute atomic E-state index is 0.0164. The number of sulfonamides is 1. The molecule has 112 valence electrons. The van der Waals surface area contributed by atoms with Crippen LogP contribution in [0.3, 0.4) is 0 Å². The first kappa shape index (κ1) is 15.3. The van der Waals surface area contributed by atoms with Crippen molar-refractivity contribution in [2.45, 2.75) is 18.4 Å². The van der Waals surface area contributed by atoms with E-state index in [4.69, 9.17) is 0 Å². The van der Waals surface area contributed by atoms with Crippen LogP contribution in [0.2, 0.25) is 0 Å². The zero-order chi connectivity index (χ0) is 15.5. The van der Waals surface area contributed by atoms with E-state index in [1.807, 2.05) is 0 Å². The molecule has 0 radical (unpaired) electrons. The second-order valence-corrected chi connectivity index (χ2v) is 6.14. The molecule has 1 aromatic carbocycles. The quantitative estimate of drug-likeness (QED) is 0.873. The van der Waals surface area contributed by atoms with Gasteiger partial charge in [0.05, 0.1) is 4.90 Å². The molecule has 2 N–H and O–H groups in total. The summed E-state index contributed by atoms with van der Waals surface area (Å²) in [5, 5.41) is 10.1. The van der Waals surface area contributed by atoms with Gasteiger partial charge in [0.2, 0.25) is 0 Å². The highest BCUT2D eigenvalue weighted by Gasteiger charge is 2.18. The van der Waals surface area contributed by atoms with Gasteiger partial charge < -0.3 is 5.32 Å². The lowest BCUT2D eigenvalue weighted by molar-refractivity contribution is 0.585. The van der Waals surface area contributed by atoms with E-state index in [1.165, 1.54) is 31.3 Å². The summed E-state index contributed by atoms with van der Waals surface area (Å²) in [5.74, 6) is -0.308. The van der Waals surface area contributed by atoms with E-state index in [-0.39, 0.29) is 28.4 Å². The lowest BCUT2D eigenvalue weighted by Gasteiger charge is -2.11. The summed E-state index contributed by atoms with van der Waals surface area (Å²) in [5.41, 5.74) is 0.555. The summed E-state index contributed by atoms with van der Waals surface area (Å²) in [7, 11) is -2.18. The normalized spacial score (nSPS) is 11.4. The number of anilines is 1. The number of benzene rings is 1. The zero-order valence-electron chi connectivity index (χ0n) is 11.6. The highest BCUT2D eigenvalue weighted by molar-refractivity contribution is 7.92. The molecular formula is C13H15FN4O2S. The molecule has 0 bridgehead atoms. The first-order valence-corrected chi connectivity index (χ1v) is 7.66. The number of halogens is 1. The first-order chi connectivity index (χ1) is 9.94. The smallest absolute Gasteiger partial charge is 0.263 e. The van der Waals surface area contributed by atoms with Crippen LogP contribution in [0.25, 0.3) is 0 Å². The standard InChI is InChI=1S/C13H15FN4O2S/c1-9-6-11(7-10(8-15-2)13(9)14)21(19,20)18-12-4-3-5-16-17-12/h3-7,15H,8H2,1-2H3,(H,17,18). The third-order valence-corrected chi connectivity index (χ3v) is 4.13. The van der Waals surface area contributed by atoms with Gasteiger partial charge in [-0.2, -0.15) is 5.10 Å². The molecule has 0 aliphatic heterocycles. The van der Waals surface area contributed by atoms with Gasteiger partial charge in [-0.1, -0.05) is 0 Å². The van der Waals surface area contributed by atoms with E-state index >= 15 is 0 Å². The van der Waals surface area contributed by atoms with Gasteiger partial charge >= 0.3 is 0 Å². The van der Waals surface area contributed by atoms with Crippen LogP contribution >= 0.6 is 0 Å². The molecule has 0 aliphatic rings. The number of nitrogens with zero attached hydrogens (tertiary/aromatic N) is 2. The molecule has 0 saturated carbocycles. The second-order valence-electron chi connectivity index (χ2n) is 4.46. The number of aromatic nitrogens is 2. The number of hydrogen-bond donors (Lipinski definition) is 2.